The summed E-state index contributed by atoms with van der Waals surface area (Å²) in [7, 11) is 0. The maximum Gasteiger partial charge on any atom is 0.0890 e. The second-order valence-electron chi connectivity index (χ2n) is 5.74. The van der Waals surface area contributed by atoms with Gasteiger partial charge >= 0.3 is 0 Å². The minimum atomic E-state index is 0. The highest BCUT2D eigenvalue weighted by atomic mass is 35.5. The number of aromatic nitrogens is 2. The third-order valence-electron chi connectivity index (χ3n) is 4.01. The number of fused-ring (bicyclic) bond motifs is 1. The minimum Gasteiger partial charge on any atom is -0.327 e. The van der Waals surface area contributed by atoms with Crippen molar-refractivity contribution in [3.05, 3.63) is 35.7 Å². The van der Waals surface area contributed by atoms with E-state index in [0.717, 1.165) is 48.5 Å². The van der Waals surface area contributed by atoms with E-state index in [0.29, 0.717) is 6.04 Å². The molecule has 1 aromatic heterocycles. The molecule has 1 unspecified atom stereocenters. The van der Waals surface area contributed by atoms with Crippen molar-refractivity contribution in [2.24, 2.45) is 5.73 Å². The summed E-state index contributed by atoms with van der Waals surface area (Å²) >= 11 is 0. The normalized spacial score (nSPS) is 19.1. The van der Waals surface area contributed by atoms with Crippen molar-refractivity contribution >= 4 is 35.8 Å². The van der Waals surface area contributed by atoms with Gasteiger partial charge in [0.1, 0.15) is 0 Å². The first kappa shape index (κ1) is 19.1. The van der Waals surface area contributed by atoms with Crippen molar-refractivity contribution < 1.29 is 0 Å². The summed E-state index contributed by atoms with van der Waals surface area (Å²) in [6.45, 7) is 4.99. The second-order valence-corrected chi connectivity index (χ2v) is 5.74. The van der Waals surface area contributed by atoms with Crippen molar-refractivity contribution in [1.29, 1.82) is 0 Å². The van der Waals surface area contributed by atoms with Crippen LogP contribution >= 0.6 is 24.8 Å². The number of halogens is 2. The molecule has 2 aromatic rings. The third kappa shape index (κ3) is 4.53. The molecule has 0 saturated carbocycles. The van der Waals surface area contributed by atoms with Crippen LogP contribution in [0, 0.1) is 6.92 Å². The second kappa shape index (κ2) is 8.63. The van der Waals surface area contributed by atoms with Crippen LogP contribution in [0.2, 0.25) is 0 Å². The number of nitrogens with zero attached hydrogens (tertiary/aromatic N) is 3. The molecule has 0 radical (unpaired) electrons. The summed E-state index contributed by atoms with van der Waals surface area (Å²) in [5, 5.41) is 0. The van der Waals surface area contributed by atoms with Crippen LogP contribution in [0.4, 0.5) is 0 Å². The Morgan fingerprint density at radius 1 is 1.14 bits per heavy atom. The SMILES string of the molecule is Cc1nc2ccccc2nc1CN1CCCCC(N)C1.Cl.Cl. The number of benzene rings is 1. The summed E-state index contributed by atoms with van der Waals surface area (Å²) in [4.78, 5) is 11.9. The van der Waals surface area contributed by atoms with Crippen LogP contribution < -0.4 is 5.73 Å². The Morgan fingerprint density at radius 3 is 2.55 bits per heavy atom. The first-order valence-corrected chi connectivity index (χ1v) is 7.42. The maximum absolute atomic E-state index is 6.13. The van der Waals surface area contributed by atoms with E-state index in [-0.39, 0.29) is 24.8 Å². The lowest BCUT2D eigenvalue weighted by Gasteiger charge is -2.22. The van der Waals surface area contributed by atoms with Crippen LogP contribution in [0.3, 0.4) is 0 Å². The van der Waals surface area contributed by atoms with Crippen molar-refractivity contribution in [3.8, 4) is 0 Å². The Labute approximate surface area is 144 Å². The van der Waals surface area contributed by atoms with Gasteiger partial charge in [-0.25, -0.2) is 9.97 Å². The molecule has 4 nitrogen and oxygen atoms in total. The number of hydrogen-bond acceptors (Lipinski definition) is 4. The van der Waals surface area contributed by atoms with E-state index in [1.54, 1.807) is 0 Å². The number of hydrogen-bond donors (Lipinski definition) is 1. The van der Waals surface area contributed by atoms with Gasteiger partial charge in [-0.1, -0.05) is 18.6 Å². The molecule has 3 rings (SSSR count). The van der Waals surface area contributed by atoms with Gasteiger partial charge in [0.2, 0.25) is 0 Å². The van der Waals surface area contributed by atoms with Gasteiger partial charge in [0.25, 0.3) is 0 Å². The van der Waals surface area contributed by atoms with E-state index < -0.39 is 0 Å². The first-order valence-electron chi connectivity index (χ1n) is 7.42. The molecule has 22 heavy (non-hydrogen) atoms. The van der Waals surface area contributed by atoms with Crippen molar-refractivity contribution in [1.82, 2.24) is 14.9 Å². The van der Waals surface area contributed by atoms with Crippen LogP contribution in [-0.2, 0) is 6.54 Å². The zero-order chi connectivity index (χ0) is 13.9. The summed E-state index contributed by atoms with van der Waals surface area (Å²) in [6.07, 6.45) is 3.60. The molecule has 0 amide bonds. The van der Waals surface area contributed by atoms with Crippen LogP contribution in [0.25, 0.3) is 11.0 Å². The fourth-order valence-electron chi connectivity index (χ4n) is 2.89. The molecule has 1 aromatic carbocycles. The number of likely N-dealkylation sites (tertiary alicyclic amines) is 1. The Morgan fingerprint density at radius 2 is 1.82 bits per heavy atom. The van der Waals surface area contributed by atoms with Gasteiger partial charge in [-0.3, -0.25) is 4.90 Å². The maximum atomic E-state index is 6.13. The lowest BCUT2D eigenvalue weighted by Crippen LogP contribution is -2.35. The molecule has 2 N–H and O–H groups in total. The lowest BCUT2D eigenvalue weighted by atomic mass is 10.2. The Hall–Kier alpha value is -0.940. The van der Waals surface area contributed by atoms with Crippen LogP contribution in [-0.4, -0.2) is 34.0 Å². The Balaban J connectivity index is 0.00000121. The number of aryl methyl sites for hydroxylation is 1. The van der Waals surface area contributed by atoms with E-state index in [4.69, 9.17) is 10.7 Å². The Bertz CT molecular complexity index is 606. The zero-order valence-electron chi connectivity index (χ0n) is 12.9. The topological polar surface area (TPSA) is 55.0 Å². The standard InChI is InChI=1S/C16H22N4.2ClH/c1-12-16(11-20-9-5-4-6-13(17)10-20)19-15-8-3-2-7-14(15)18-12;;/h2-3,7-8,13H,4-6,9-11,17H2,1H3;2*1H. The van der Waals surface area contributed by atoms with Gasteiger partial charge in [0.15, 0.2) is 0 Å². The lowest BCUT2D eigenvalue weighted by molar-refractivity contribution is 0.261. The molecule has 6 heteroatoms. The highest BCUT2D eigenvalue weighted by Crippen LogP contribution is 2.16. The van der Waals surface area contributed by atoms with Gasteiger partial charge in [-0.15, -0.1) is 24.8 Å². The van der Waals surface area contributed by atoms with Gasteiger partial charge < -0.3 is 5.73 Å². The molecule has 0 spiro atoms. The smallest absolute Gasteiger partial charge is 0.0890 e. The van der Waals surface area contributed by atoms with Crippen LogP contribution in [0.1, 0.15) is 30.7 Å². The largest absolute Gasteiger partial charge is 0.327 e. The summed E-state index contributed by atoms with van der Waals surface area (Å²) < 4.78 is 0. The molecule has 0 aliphatic carbocycles. The van der Waals surface area contributed by atoms with Gasteiger partial charge in [-0.2, -0.15) is 0 Å². The zero-order valence-corrected chi connectivity index (χ0v) is 14.5. The molecule has 1 atom stereocenters. The molecule has 0 bridgehead atoms. The first-order chi connectivity index (χ1) is 9.72. The Kier molecular flexibility index (Phi) is 7.49. The molecule has 1 aliphatic heterocycles. The van der Waals surface area contributed by atoms with Gasteiger partial charge in [0, 0.05) is 19.1 Å². The highest BCUT2D eigenvalue weighted by molar-refractivity contribution is 5.85. The van der Waals surface area contributed by atoms with Crippen molar-refractivity contribution in [2.75, 3.05) is 13.1 Å². The van der Waals surface area contributed by atoms with Gasteiger partial charge in [-0.05, 0) is 38.4 Å². The summed E-state index contributed by atoms with van der Waals surface area (Å²) in [5.41, 5.74) is 10.2. The molecular weight excluding hydrogens is 319 g/mol. The fraction of sp³-hybridized carbons (Fsp3) is 0.500. The van der Waals surface area contributed by atoms with Crippen molar-refractivity contribution in [3.63, 3.8) is 0 Å². The number of para-hydroxylation sites is 2. The quantitative estimate of drug-likeness (QED) is 0.910. The molecule has 1 aliphatic rings. The third-order valence-corrected chi connectivity index (χ3v) is 4.01. The summed E-state index contributed by atoms with van der Waals surface area (Å²) in [6, 6.07) is 8.36. The van der Waals surface area contributed by atoms with E-state index in [1.807, 2.05) is 31.2 Å². The van der Waals surface area contributed by atoms with Gasteiger partial charge in [0.05, 0.1) is 22.4 Å². The average Bonchev–Trinajstić information content (AvgIpc) is 2.64. The number of rotatable bonds is 2. The average molecular weight is 343 g/mol. The van der Waals surface area contributed by atoms with E-state index in [9.17, 15) is 0 Å². The van der Waals surface area contributed by atoms with Crippen LogP contribution in [0.5, 0.6) is 0 Å². The van der Waals surface area contributed by atoms with E-state index in [1.165, 1.54) is 12.8 Å². The highest BCUT2D eigenvalue weighted by Gasteiger charge is 2.17. The fourth-order valence-corrected chi connectivity index (χ4v) is 2.89. The van der Waals surface area contributed by atoms with E-state index >= 15 is 0 Å². The summed E-state index contributed by atoms with van der Waals surface area (Å²) in [5.74, 6) is 0. The molecular formula is C16H24Cl2N4. The molecule has 1 fully saturated rings. The number of nitrogens with two attached hydrogens (primary N) is 1. The molecule has 122 valence electrons. The molecule has 1 saturated heterocycles. The predicted molar refractivity (Wildman–Crippen MR) is 95.9 cm³/mol. The van der Waals surface area contributed by atoms with Crippen molar-refractivity contribution in [2.45, 2.75) is 38.8 Å². The minimum absolute atomic E-state index is 0. The predicted octanol–water partition coefficient (Wildman–Crippen LogP) is 3.10. The monoisotopic (exact) mass is 342 g/mol. The molecule has 2 heterocycles. The van der Waals surface area contributed by atoms with E-state index in [2.05, 4.69) is 9.88 Å². The van der Waals surface area contributed by atoms with Crippen LogP contribution in [0.15, 0.2) is 24.3 Å².